The first kappa shape index (κ1) is 17.8. The third-order valence-corrected chi connectivity index (χ3v) is 4.56. The lowest BCUT2D eigenvalue weighted by atomic mass is 10.2. The van der Waals surface area contributed by atoms with Crippen molar-refractivity contribution in [3.63, 3.8) is 0 Å². The lowest BCUT2D eigenvalue weighted by molar-refractivity contribution is 0.0956. The van der Waals surface area contributed by atoms with Crippen molar-refractivity contribution in [2.75, 3.05) is 17.9 Å². The summed E-state index contributed by atoms with van der Waals surface area (Å²) < 4.78 is 32.6. The molecule has 0 aliphatic rings. The van der Waals surface area contributed by atoms with Gasteiger partial charge in [0.15, 0.2) is 0 Å². The molecule has 128 valence electrons. The minimum absolute atomic E-state index is 0.120. The fourth-order valence-electron chi connectivity index (χ4n) is 2.08. The zero-order chi connectivity index (χ0) is 17.6. The number of anilines is 1. The monoisotopic (exact) mass is 348 g/mol. The molecule has 6 nitrogen and oxygen atoms in total. The third kappa shape index (κ3) is 4.48. The number of hydrogen-bond donors (Lipinski definition) is 2. The number of nitrogens with one attached hydrogen (secondary N) is 2. The average Bonchev–Trinajstić information content (AvgIpc) is 2.56. The van der Waals surface area contributed by atoms with Gasteiger partial charge in [-0.05, 0) is 56.3 Å². The summed E-state index contributed by atoms with van der Waals surface area (Å²) in [5.41, 5.74) is 0.719. The van der Waals surface area contributed by atoms with Crippen LogP contribution in [0.4, 0.5) is 5.69 Å². The number of hydrogen-bond acceptors (Lipinski definition) is 4. The highest BCUT2D eigenvalue weighted by molar-refractivity contribution is 7.92. The standard InChI is InChI=1S/C17H20N2O4S/c1-3-18-17(20)13-6-5-7-14(12-13)19-24(21,22)16-10-8-15(9-11-16)23-4-2/h5-12,19H,3-4H2,1-2H3,(H,18,20). The van der Waals surface area contributed by atoms with Gasteiger partial charge in [0.2, 0.25) is 0 Å². The molecule has 0 aliphatic heterocycles. The van der Waals surface area contributed by atoms with Gasteiger partial charge >= 0.3 is 0 Å². The van der Waals surface area contributed by atoms with Gasteiger partial charge in [0, 0.05) is 17.8 Å². The molecule has 0 spiro atoms. The largest absolute Gasteiger partial charge is 0.494 e. The first-order chi connectivity index (χ1) is 11.5. The second kappa shape index (κ2) is 7.83. The Morgan fingerprint density at radius 2 is 1.79 bits per heavy atom. The molecule has 0 saturated heterocycles. The number of sulfonamides is 1. The lowest BCUT2D eigenvalue weighted by Gasteiger charge is -2.10. The van der Waals surface area contributed by atoms with Crippen LogP contribution in [0.5, 0.6) is 5.75 Å². The van der Waals surface area contributed by atoms with Gasteiger partial charge in [0.1, 0.15) is 5.75 Å². The van der Waals surface area contributed by atoms with Crippen LogP contribution in [0, 0.1) is 0 Å². The highest BCUT2D eigenvalue weighted by Crippen LogP contribution is 2.20. The van der Waals surface area contributed by atoms with E-state index in [-0.39, 0.29) is 10.8 Å². The van der Waals surface area contributed by atoms with Crippen LogP contribution in [0.25, 0.3) is 0 Å². The molecule has 2 rings (SSSR count). The van der Waals surface area contributed by atoms with E-state index in [0.29, 0.717) is 30.2 Å². The van der Waals surface area contributed by atoms with E-state index in [1.165, 1.54) is 18.2 Å². The maximum absolute atomic E-state index is 12.4. The van der Waals surface area contributed by atoms with E-state index >= 15 is 0 Å². The topological polar surface area (TPSA) is 84.5 Å². The van der Waals surface area contributed by atoms with Gasteiger partial charge in [-0.25, -0.2) is 8.42 Å². The molecule has 0 bridgehead atoms. The Hall–Kier alpha value is -2.54. The van der Waals surface area contributed by atoms with E-state index in [0.717, 1.165) is 0 Å². The van der Waals surface area contributed by atoms with Crippen molar-refractivity contribution >= 4 is 21.6 Å². The molecule has 24 heavy (non-hydrogen) atoms. The van der Waals surface area contributed by atoms with Gasteiger partial charge in [-0.2, -0.15) is 0 Å². The molecule has 0 atom stereocenters. The highest BCUT2D eigenvalue weighted by atomic mass is 32.2. The van der Waals surface area contributed by atoms with Gasteiger partial charge in [-0.3, -0.25) is 9.52 Å². The quantitative estimate of drug-likeness (QED) is 0.805. The Morgan fingerprint density at radius 3 is 2.42 bits per heavy atom. The molecular weight excluding hydrogens is 328 g/mol. The Bertz CT molecular complexity index is 802. The van der Waals surface area contributed by atoms with Crippen LogP contribution in [0.2, 0.25) is 0 Å². The third-order valence-electron chi connectivity index (χ3n) is 3.16. The molecule has 0 radical (unpaired) electrons. The second-order valence-electron chi connectivity index (χ2n) is 4.95. The zero-order valence-electron chi connectivity index (χ0n) is 13.6. The second-order valence-corrected chi connectivity index (χ2v) is 6.63. The minimum atomic E-state index is -3.74. The lowest BCUT2D eigenvalue weighted by Crippen LogP contribution is -2.22. The maximum atomic E-state index is 12.4. The van der Waals surface area contributed by atoms with E-state index in [4.69, 9.17) is 4.74 Å². The fourth-order valence-corrected chi connectivity index (χ4v) is 3.13. The van der Waals surface area contributed by atoms with Crippen LogP contribution in [-0.4, -0.2) is 27.5 Å². The van der Waals surface area contributed by atoms with Crippen molar-refractivity contribution < 1.29 is 17.9 Å². The van der Waals surface area contributed by atoms with Crippen molar-refractivity contribution in [3.05, 3.63) is 54.1 Å². The zero-order valence-corrected chi connectivity index (χ0v) is 14.4. The molecule has 2 aromatic rings. The predicted octanol–water partition coefficient (Wildman–Crippen LogP) is 2.64. The highest BCUT2D eigenvalue weighted by Gasteiger charge is 2.15. The molecule has 1 amide bonds. The smallest absolute Gasteiger partial charge is 0.261 e. The summed E-state index contributed by atoms with van der Waals surface area (Å²) in [5, 5.41) is 2.67. The van der Waals surface area contributed by atoms with E-state index in [2.05, 4.69) is 10.0 Å². The average molecular weight is 348 g/mol. The summed E-state index contributed by atoms with van der Waals surface area (Å²) in [6.07, 6.45) is 0. The summed E-state index contributed by atoms with van der Waals surface area (Å²) in [7, 11) is -3.74. The molecule has 0 heterocycles. The van der Waals surface area contributed by atoms with Crippen LogP contribution in [0.15, 0.2) is 53.4 Å². The molecule has 2 N–H and O–H groups in total. The molecule has 0 saturated carbocycles. The number of benzene rings is 2. The number of ether oxygens (including phenoxy) is 1. The predicted molar refractivity (Wildman–Crippen MR) is 92.9 cm³/mol. The molecule has 0 aromatic heterocycles. The van der Waals surface area contributed by atoms with Crippen LogP contribution in [0.1, 0.15) is 24.2 Å². The fraction of sp³-hybridized carbons (Fsp3) is 0.235. The molecule has 2 aromatic carbocycles. The van der Waals surface area contributed by atoms with Crippen LogP contribution in [-0.2, 0) is 10.0 Å². The molecule has 0 aliphatic carbocycles. The SMILES string of the molecule is CCNC(=O)c1cccc(NS(=O)(=O)c2ccc(OCC)cc2)c1. The molecule has 0 fully saturated rings. The summed E-state index contributed by atoms with van der Waals surface area (Å²) in [4.78, 5) is 11.9. The summed E-state index contributed by atoms with van der Waals surface area (Å²) in [5.74, 6) is 0.356. The van der Waals surface area contributed by atoms with Gasteiger partial charge in [-0.1, -0.05) is 6.07 Å². The number of rotatable bonds is 7. The van der Waals surface area contributed by atoms with Crippen LogP contribution in [0.3, 0.4) is 0 Å². The van der Waals surface area contributed by atoms with Crippen molar-refractivity contribution in [3.8, 4) is 5.75 Å². The maximum Gasteiger partial charge on any atom is 0.261 e. The van der Waals surface area contributed by atoms with Crippen molar-refractivity contribution in [1.29, 1.82) is 0 Å². The van der Waals surface area contributed by atoms with Crippen LogP contribution >= 0.6 is 0 Å². The van der Waals surface area contributed by atoms with E-state index in [1.807, 2.05) is 13.8 Å². The van der Waals surface area contributed by atoms with Gasteiger partial charge < -0.3 is 10.1 Å². The summed E-state index contributed by atoms with van der Waals surface area (Å²) in [6, 6.07) is 12.5. The Kier molecular flexibility index (Phi) is 5.81. The number of amides is 1. The number of carbonyl (C=O) groups excluding carboxylic acids is 1. The normalized spacial score (nSPS) is 10.9. The van der Waals surface area contributed by atoms with E-state index in [9.17, 15) is 13.2 Å². The first-order valence-electron chi connectivity index (χ1n) is 7.60. The summed E-state index contributed by atoms with van der Waals surface area (Å²) in [6.45, 7) is 4.68. The summed E-state index contributed by atoms with van der Waals surface area (Å²) >= 11 is 0. The molecule has 7 heteroatoms. The van der Waals surface area contributed by atoms with Crippen molar-refractivity contribution in [1.82, 2.24) is 5.32 Å². The van der Waals surface area contributed by atoms with E-state index < -0.39 is 10.0 Å². The van der Waals surface area contributed by atoms with E-state index in [1.54, 1.807) is 30.3 Å². The van der Waals surface area contributed by atoms with Gasteiger partial charge in [0.05, 0.1) is 11.5 Å². The van der Waals surface area contributed by atoms with Crippen molar-refractivity contribution in [2.45, 2.75) is 18.7 Å². The number of carbonyl (C=O) groups is 1. The van der Waals surface area contributed by atoms with Gasteiger partial charge in [0.25, 0.3) is 15.9 Å². The minimum Gasteiger partial charge on any atom is -0.494 e. The molecular formula is C17H20N2O4S. The first-order valence-corrected chi connectivity index (χ1v) is 9.08. The Balaban J connectivity index is 2.19. The van der Waals surface area contributed by atoms with Crippen LogP contribution < -0.4 is 14.8 Å². The van der Waals surface area contributed by atoms with Crippen molar-refractivity contribution in [2.24, 2.45) is 0 Å². The van der Waals surface area contributed by atoms with Gasteiger partial charge in [-0.15, -0.1) is 0 Å². The Morgan fingerprint density at radius 1 is 1.08 bits per heavy atom. The Labute approximate surface area is 141 Å². The molecule has 0 unspecified atom stereocenters.